The summed E-state index contributed by atoms with van der Waals surface area (Å²) in [5.41, 5.74) is 8.31. The van der Waals surface area contributed by atoms with Crippen LogP contribution < -0.4 is 11.1 Å². The van der Waals surface area contributed by atoms with Crippen molar-refractivity contribution >= 4 is 0 Å². The van der Waals surface area contributed by atoms with Crippen LogP contribution in [0.2, 0.25) is 0 Å². The van der Waals surface area contributed by atoms with Crippen molar-refractivity contribution < 1.29 is 4.74 Å². The molecule has 2 rings (SSSR count). The monoisotopic (exact) mass is 234 g/mol. The zero-order valence-electron chi connectivity index (χ0n) is 10.5. The molecule has 1 aromatic rings. The lowest BCUT2D eigenvalue weighted by Crippen LogP contribution is -2.37. The fourth-order valence-corrected chi connectivity index (χ4v) is 2.41. The second kappa shape index (κ2) is 6.15. The smallest absolute Gasteiger partial charge is 0.0741 e. The molecule has 1 aliphatic heterocycles. The van der Waals surface area contributed by atoms with Crippen molar-refractivity contribution in [3.8, 4) is 0 Å². The number of rotatable bonds is 5. The van der Waals surface area contributed by atoms with Gasteiger partial charge in [0.25, 0.3) is 0 Å². The highest BCUT2D eigenvalue weighted by molar-refractivity contribution is 5.33. The fourth-order valence-electron chi connectivity index (χ4n) is 2.41. The van der Waals surface area contributed by atoms with Crippen LogP contribution in [0, 0.1) is 0 Å². The molecule has 94 valence electrons. The molecule has 3 nitrogen and oxygen atoms in total. The third-order valence-electron chi connectivity index (χ3n) is 3.35. The Morgan fingerprint density at radius 3 is 3.12 bits per heavy atom. The predicted octanol–water partition coefficient (Wildman–Crippen LogP) is 1.63. The third kappa shape index (κ3) is 3.06. The minimum Gasteiger partial charge on any atom is -0.376 e. The van der Waals surface area contributed by atoms with Crippen LogP contribution in [-0.4, -0.2) is 25.8 Å². The second-order valence-corrected chi connectivity index (χ2v) is 4.60. The van der Waals surface area contributed by atoms with Crippen LogP contribution >= 0.6 is 0 Å². The molecule has 3 N–H and O–H groups in total. The summed E-state index contributed by atoms with van der Waals surface area (Å²) in [7, 11) is 0. The first kappa shape index (κ1) is 12.6. The maximum atomic E-state index is 5.84. The molecule has 0 radical (unpaired) electrons. The van der Waals surface area contributed by atoms with Crippen LogP contribution in [0.5, 0.6) is 0 Å². The molecule has 3 heteroatoms. The van der Waals surface area contributed by atoms with E-state index in [9.17, 15) is 0 Å². The Kier molecular flexibility index (Phi) is 4.54. The molecule has 0 fully saturated rings. The van der Waals surface area contributed by atoms with E-state index in [1.165, 1.54) is 11.1 Å². The molecule has 1 heterocycles. The van der Waals surface area contributed by atoms with Crippen LogP contribution in [0.3, 0.4) is 0 Å². The van der Waals surface area contributed by atoms with Crippen LogP contribution in [0.1, 0.15) is 30.5 Å². The van der Waals surface area contributed by atoms with Gasteiger partial charge in [-0.3, -0.25) is 0 Å². The standard InChI is InChI=1S/C14H22N2O/c1-11(17-10-4-8-15)14-13-6-3-2-5-12(13)7-9-16-14/h2-3,5-6,11,14,16H,4,7-10,15H2,1H3. The Labute approximate surface area is 103 Å². The molecule has 1 aromatic carbocycles. The zero-order chi connectivity index (χ0) is 12.1. The van der Waals surface area contributed by atoms with Crippen molar-refractivity contribution in [3.63, 3.8) is 0 Å². The molecule has 0 aliphatic carbocycles. The van der Waals surface area contributed by atoms with Crippen molar-refractivity contribution in [2.75, 3.05) is 19.7 Å². The Bertz CT molecular complexity index is 354. The molecule has 0 aromatic heterocycles. The van der Waals surface area contributed by atoms with Crippen molar-refractivity contribution in [2.24, 2.45) is 5.73 Å². The maximum Gasteiger partial charge on any atom is 0.0741 e. The quantitative estimate of drug-likeness (QED) is 0.761. The van der Waals surface area contributed by atoms with Gasteiger partial charge in [-0.25, -0.2) is 0 Å². The molecular formula is C14H22N2O. The summed E-state index contributed by atoms with van der Waals surface area (Å²) in [4.78, 5) is 0. The predicted molar refractivity (Wildman–Crippen MR) is 70.0 cm³/mol. The lowest BCUT2D eigenvalue weighted by Gasteiger charge is -2.31. The van der Waals surface area contributed by atoms with Gasteiger partial charge in [0, 0.05) is 6.61 Å². The third-order valence-corrected chi connectivity index (χ3v) is 3.35. The van der Waals surface area contributed by atoms with E-state index in [0.717, 1.165) is 26.0 Å². The highest BCUT2D eigenvalue weighted by atomic mass is 16.5. The van der Waals surface area contributed by atoms with Crippen LogP contribution in [0.15, 0.2) is 24.3 Å². The van der Waals surface area contributed by atoms with E-state index in [1.54, 1.807) is 0 Å². The Morgan fingerprint density at radius 2 is 2.29 bits per heavy atom. The van der Waals surface area contributed by atoms with E-state index in [0.29, 0.717) is 12.6 Å². The van der Waals surface area contributed by atoms with Crippen molar-refractivity contribution in [3.05, 3.63) is 35.4 Å². The Morgan fingerprint density at radius 1 is 1.47 bits per heavy atom. The SMILES string of the molecule is CC(OCCCN)C1NCCc2ccccc21. The number of hydrogen-bond donors (Lipinski definition) is 2. The van der Waals surface area contributed by atoms with Crippen molar-refractivity contribution in [2.45, 2.75) is 31.9 Å². The number of nitrogens with two attached hydrogens (primary N) is 1. The van der Waals surface area contributed by atoms with Crippen molar-refractivity contribution in [1.82, 2.24) is 5.32 Å². The summed E-state index contributed by atoms with van der Waals surface area (Å²) in [6, 6.07) is 8.95. The summed E-state index contributed by atoms with van der Waals surface area (Å²) >= 11 is 0. The van der Waals surface area contributed by atoms with E-state index in [1.807, 2.05) is 0 Å². The summed E-state index contributed by atoms with van der Waals surface area (Å²) < 4.78 is 5.84. The van der Waals surface area contributed by atoms with E-state index in [2.05, 4.69) is 36.5 Å². The highest BCUT2D eigenvalue weighted by Crippen LogP contribution is 2.26. The molecule has 0 bridgehead atoms. The molecule has 17 heavy (non-hydrogen) atoms. The zero-order valence-corrected chi connectivity index (χ0v) is 10.5. The van der Waals surface area contributed by atoms with E-state index in [4.69, 9.17) is 10.5 Å². The number of benzene rings is 1. The lowest BCUT2D eigenvalue weighted by atomic mass is 9.92. The topological polar surface area (TPSA) is 47.3 Å². The normalized spacial score (nSPS) is 20.9. The Balaban J connectivity index is 2.02. The minimum absolute atomic E-state index is 0.197. The number of fused-ring (bicyclic) bond motifs is 1. The second-order valence-electron chi connectivity index (χ2n) is 4.60. The Hall–Kier alpha value is -0.900. The number of ether oxygens (including phenoxy) is 1. The molecule has 0 saturated heterocycles. The van der Waals surface area contributed by atoms with Gasteiger partial charge in [-0.15, -0.1) is 0 Å². The first-order valence-electron chi connectivity index (χ1n) is 6.46. The fraction of sp³-hybridized carbons (Fsp3) is 0.571. The van der Waals surface area contributed by atoms with Gasteiger partial charge in [0.2, 0.25) is 0 Å². The van der Waals surface area contributed by atoms with Gasteiger partial charge in [-0.2, -0.15) is 0 Å². The molecule has 2 atom stereocenters. The summed E-state index contributed by atoms with van der Waals surface area (Å²) in [5, 5.41) is 3.55. The lowest BCUT2D eigenvalue weighted by molar-refractivity contribution is 0.0364. The molecular weight excluding hydrogens is 212 g/mol. The molecule has 2 unspecified atom stereocenters. The first-order chi connectivity index (χ1) is 8.33. The first-order valence-corrected chi connectivity index (χ1v) is 6.46. The van der Waals surface area contributed by atoms with Gasteiger partial charge in [0.15, 0.2) is 0 Å². The molecule has 0 saturated carbocycles. The van der Waals surface area contributed by atoms with Crippen LogP contribution in [0.4, 0.5) is 0 Å². The van der Waals surface area contributed by atoms with Gasteiger partial charge in [0.05, 0.1) is 12.1 Å². The van der Waals surface area contributed by atoms with E-state index < -0.39 is 0 Å². The summed E-state index contributed by atoms with van der Waals surface area (Å²) in [6.45, 7) is 4.61. The van der Waals surface area contributed by atoms with Crippen molar-refractivity contribution in [1.29, 1.82) is 0 Å². The maximum absolute atomic E-state index is 5.84. The van der Waals surface area contributed by atoms with E-state index in [-0.39, 0.29) is 6.10 Å². The van der Waals surface area contributed by atoms with Gasteiger partial charge in [-0.1, -0.05) is 24.3 Å². The van der Waals surface area contributed by atoms with Gasteiger partial charge in [0.1, 0.15) is 0 Å². The minimum atomic E-state index is 0.197. The average Bonchev–Trinajstić information content (AvgIpc) is 2.38. The highest BCUT2D eigenvalue weighted by Gasteiger charge is 2.24. The molecule has 0 amide bonds. The van der Waals surface area contributed by atoms with Crippen LogP contribution in [-0.2, 0) is 11.2 Å². The van der Waals surface area contributed by atoms with Gasteiger partial charge in [-0.05, 0) is 44.0 Å². The van der Waals surface area contributed by atoms with E-state index >= 15 is 0 Å². The molecule has 1 aliphatic rings. The largest absolute Gasteiger partial charge is 0.376 e. The average molecular weight is 234 g/mol. The van der Waals surface area contributed by atoms with Gasteiger partial charge < -0.3 is 15.8 Å². The summed E-state index contributed by atoms with van der Waals surface area (Å²) in [5.74, 6) is 0. The number of hydrogen-bond acceptors (Lipinski definition) is 3. The van der Waals surface area contributed by atoms with Crippen LogP contribution in [0.25, 0.3) is 0 Å². The number of nitrogens with one attached hydrogen (secondary N) is 1. The van der Waals surface area contributed by atoms with Gasteiger partial charge >= 0.3 is 0 Å². The molecule has 0 spiro atoms. The summed E-state index contributed by atoms with van der Waals surface area (Å²) in [6.07, 6.45) is 2.24.